The predicted octanol–water partition coefficient (Wildman–Crippen LogP) is 0.411. The van der Waals surface area contributed by atoms with Gasteiger partial charge in [-0.2, -0.15) is 19.7 Å². The van der Waals surface area contributed by atoms with E-state index in [1.807, 2.05) is 17.5 Å². The van der Waals surface area contributed by atoms with Gasteiger partial charge in [0.2, 0.25) is 5.78 Å². The number of rotatable bonds is 4. The number of hydrazone groups is 1. The average Bonchev–Trinajstić information content (AvgIpc) is 3.14. The molecule has 0 aliphatic rings. The van der Waals surface area contributed by atoms with Crippen LogP contribution in [0.5, 0.6) is 0 Å². The number of carbonyl (C=O) groups is 1. The summed E-state index contributed by atoms with van der Waals surface area (Å²) >= 11 is 1.52. The summed E-state index contributed by atoms with van der Waals surface area (Å²) < 4.78 is 2.75. The van der Waals surface area contributed by atoms with Gasteiger partial charge in [0.1, 0.15) is 12.9 Å². The van der Waals surface area contributed by atoms with Crippen LogP contribution in [-0.2, 0) is 11.3 Å². The molecule has 3 heterocycles. The standard InChI is InChI=1S/C13H12N6O2S/c1-9-5-12(21)19-13(14-8-16-19)18(9)7-11(20)17-15-6-10-3-2-4-22-10/h2-6,8H,7H2,1H3,(H,17,20). The van der Waals surface area contributed by atoms with Gasteiger partial charge in [0.05, 0.1) is 6.21 Å². The van der Waals surface area contributed by atoms with Gasteiger partial charge in [-0.3, -0.25) is 9.59 Å². The molecule has 0 fully saturated rings. The van der Waals surface area contributed by atoms with Crippen LogP contribution >= 0.6 is 11.3 Å². The molecular weight excluding hydrogens is 304 g/mol. The summed E-state index contributed by atoms with van der Waals surface area (Å²) in [5.74, 6) is 0.00633. The van der Waals surface area contributed by atoms with E-state index in [0.29, 0.717) is 11.5 Å². The van der Waals surface area contributed by atoms with E-state index < -0.39 is 0 Å². The third-order valence-electron chi connectivity index (χ3n) is 2.96. The molecule has 3 rings (SSSR count). The molecule has 22 heavy (non-hydrogen) atoms. The normalized spacial score (nSPS) is 11.3. The van der Waals surface area contributed by atoms with E-state index in [-0.39, 0.29) is 18.0 Å². The SMILES string of the molecule is Cc1cc(=O)n2ncnc2n1CC(=O)NN=Cc1cccs1. The highest BCUT2D eigenvalue weighted by atomic mass is 32.1. The smallest absolute Gasteiger partial charge is 0.275 e. The van der Waals surface area contributed by atoms with E-state index in [9.17, 15) is 9.59 Å². The third kappa shape index (κ3) is 2.79. The summed E-state index contributed by atoms with van der Waals surface area (Å²) in [7, 11) is 0. The summed E-state index contributed by atoms with van der Waals surface area (Å²) in [6.07, 6.45) is 2.85. The second kappa shape index (κ2) is 5.90. The van der Waals surface area contributed by atoms with Crippen LogP contribution in [-0.4, -0.2) is 31.3 Å². The summed E-state index contributed by atoms with van der Waals surface area (Å²) in [6.45, 7) is 1.73. The zero-order chi connectivity index (χ0) is 15.5. The highest BCUT2D eigenvalue weighted by Gasteiger charge is 2.11. The van der Waals surface area contributed by atoms with E-state index in [1.54, 1.807) is 17.7 Å². The van der Waals surface area contributed by atoms with Gasteiger partial charge in [0, 0.05) is 16.6 Å². The number of thiophene rings is 1. The van der Waals surface area contributed by atoms with Gasteiger partial charge >= 0.3 is 0 Å². The minimum atomic E-state index is -0.315. The number of hydrogen-bond donors (Lipinski definition) is 1. The van der Waals surface area contributed by atoms with Crippen LogP contribution < -0.4 is 11.0 Å². The first-order valence-electron chi connectivity index (χ1n) is 6.41. The summed E-state index contributed by atoms with van der Waals surface area (Å²) in [5, 5.41) is 9.65. The predicted molar refractivity (Wildman–Crippen MR) is 82.0 cm³/mol. The Morgan fingerprint density at radius 1 is 1.55 bits per heavy atom. The average molecular weight is 316 g/mol. The molecule has 0 saturated carbocycles. The van der Waals surface area contributed by atoms with Gasteiger partial charge in [-0.1, -0.05) is 6.07 Å². The van der Waals surface area contributed by atoms with Crippen molar-refractivity contribution in [3.63, 3.8) is 0 Å². The Morgan fingerprint density at radius 3 is 3.18 bits per heavy atom. The van der Waals surface area contributed by atoms with Gasteiger partial charge in [0.15, 0.2) is 0 Å². The Bertz CT molecular complexity index is 893. The van der Waals surface area contributed by atoms with E-state index in [4.69, 9.17) is 0 Å². The zero-order valence-electron chi connectivity index (χ0n) is 11.6. The Labute approximate surface area is 128 Å². The molecule has 3 aromatic rings. The van der Waals surface area contributed by atoms with Crippen molar-refractivity contribution >= 4 is 29.2 Å². The molecule has 0 unspecified atom stereocenters. The molecule has 1 amide bonds. The maximum absolute atomic E-state index is 12.0. The molecule has 8 nitrogen and oxygen atoms in total. The monoisotopic (exact) mass is 316 g/mol. The fourth-order valence-corrected chi connectivity index (χ4v) is 2.54. The lowest BCUT2D eigenvalue weighted by molar-refractivity contribution is -0.121. The lowest BCUT2D eigenvalue weighted by Crippen LogP contribution is -2.27. The highest BCUT2D eigenvalue weighted by molar-refractivity contribution is 7.11. The van der Waals surface area contributed by atoms with Crippen LogP contribution in [0.1, 0.15) is 10.6 Å². The van der Waals surface area contributed by atoms with Crippen LogP contribution in [0.15, 0.2) is 39.8 Å². The largest absolute Gasteiger partial charge is 0.305 e. The first-order valence-corrected chi connectivity index (χ1v) is 7.29. The Kier molecular flexibility index (Phi) is 3.79. The van der Waals surface area contributed by atoms with E-state index in [2.05, 4.69) is 20.6 Å². The lowest BCUT2D eigenvalue weighted by atomic mass is 10.4. The molecule has 0 saturated heterocycles. The van der Waals surface area contributed by atoms with Crippen LogP contribution in [0.2, 0.25) is 0 Å². The molecule has 0 bridgehead atoms. The number of fused-ring (bicyclic) bond motifs is 1. The second-order valence-corrected chi connectivity index (χ2v) is 5.47. The van der Waals surface area contributed by atoms with Gasteiger partial charge in [0.25, 0.3) is 11.5 Å². The van der Waals surface area contributed by atoms with Gasteiger partial charge in [-0.15, -0.1) is 11.3 Å². The third-order valence-corrected chi connectivity index (χ3v) is 3.77. The number of amides is 1. The number of aromatic nitrogens is 4. The van der Waals surface area contributed by atoms with Crippen molar-refractivity contribution in [2.75, 3.05) is 0 Å². The number of nitrogens with zero attached hydrogens (tertiary/aromatic N) is 5. The molecule has 1 N–H and O–H groups in total. The topological polar surface area (TPSA) is 93.7 Å². The summed E-state index contributed by atoms with van der Waals surface area (Å²) in [4.78, 5) is 28.6. The van der Waals surface area contributed by atoms with Crippen LogP contribution in [0, 0.1) is 6.92 Å². The molecule has 0 aliphatic carbocycles. The van der Waals surface area contributed by atoms with Crippen molar-refractivity contribution in [1.29, 1.82) is 0 Å². The van der Waals surface area contributed by atoms with Gasteiger partial charge in [-0.05, 0) is 18.4 Å². The molecule has 0 spiro atoms. The molecule has 3 aromatic heterocycles. The maximum atomic E-state index is 12.0. The Hall–Kier alpha value is -2.81. The van der Waals surface area contributed by atoms with Crippen molar-refractivity contribution in [1.82, 2.24) is 24.6 Å². The van der Waals surface area contributed by atoms with Crippen LogP contribution in [0.4, 0.5) is 0 Å². The lowest BCUT2D eigenvalue weighted by Gasteiger charge is -2.09. The van der Waals surface area contributed by atoms with Crippen molar-refractivity contribution in [3.05, 3.63) is 50.8 Å². The summed E-state index contributed by atoms with van der Waals surface area (Å²) in [6, 6.07) is 5.20. The number of hydrogen-bond acceptors (Lipinski definition) is 6. The molecule has 0 radical (unpaired) electrons. The quantitative estimate of drug-likeness (QED) is 0.557. The zero-order valence-corrected chi connectivity index (χ0v) is 12.4. The molecule has 0 aromatic carbocycles. The van der Waals surface area contributed by atoms with Gasteiger partial charge in [-0.25, -0.2) is 5.43 Å². The first kappa shape index (κ1) is 14.1. The number of nitrogens with one attached hydrogen (secondary N) is 1. The van der Waals surface area contributed by atoms with Crippen LogP contribution in [0.3, 0.4) is 0 Å². The molecule has 0 atom stereocenters. The Balaban J connectivity index is 1.77. The molecular formula is C13H12N6O2S. The minimum Gasteiger partial charge on any atom is -0.305 e. The number of carbonyl (C=O) groups excluding carboxylic acids is 1. The van der Waals surface area contributed by atoms with Crippen molar-refractivity contribution in [2.45, 2.75) is 13.5 Å². The van der Waals surface area contributed by atoms with Crippen LogP contribution in [0.25, 0.3) is 5.78 Å². The Morgan fingerprint density at radius 2 is 2.41 bits per heavy atom. The van der Waals surface area contributed by atoms with Crippen molar-refractivity contribution < 1.29 is 4.79 Å². The fraction of sp³-hybridized carbons (Fsp3) is 0.154. The number of aryl methyl sites for hydroxylation is 1. The minimum absolute atomic E-state index is 0.00388. The molecule has 9 heteroatoms. The first-order chi connectivity index (χ1) is 10.6. The van der Waals surface area contributed by atoms with E-state index >= 15 is 0 Å². The van der Waals surface area contributed by atoms with E-state index in [1.165, 1.54) is 23.7 Å². The molecule has 0 aliphatic heterocycles. The van der Waals surface area contributed by atoms with Crippen molar-refractivity contribution in [3.8, 4) is 0 Å². The second-order valence-electron chi connectivity index (χ2n) is 4.49. The van der Waals surface area contributed by atoms with Crippen molar-refractivity contribution in [2.24, 2.45) is 5.10 Å². The maximum Gasteiger partial charge on any atom is 0.275 e. The van der Waals surface area contributed by atoms with E-state index in [0.717, 1.165) is 9.39 Å². The fourth-order valence-electron chi connectivity index (χ4n) is 1.96. The highest BCUT2D eigenvalue weighted by Crippen LogP contribution is 2.04. The van der Waals surface area contributed by atoms with Gasteiger partial charge < -0.3 is 4.57 Å². The molecule has 112 valence electrons. The summed E-state index contributed by atoms with van der Waals surface area (Å²) in [5.41, 5.74) is 2.80.